The normalized spacial score (nSPS) is 22.7. The molecule has 0 bridgehead atoms. The molecule has 3 atom stereocenters. The van der Waals surface area contributed by atoms with E-state index in [-0.39, 0.29) is 17.7 Å². The van der Waals surface area contributed by atoms with Crippen LogP contribution in [0.25, 0.3) is 10.9 Å². The molecule has 1 saturated carbocycles. The van der Waals surface area contributed by atoms with Crippen LogP contribution >= 0.6 is 23.2 Å². The van der Waals surface area contributed by atoms with E-state index < -0.39 is 13.0 Å². The number of anilines is 3. The molecule has 1 aromatic carbocycles. The van der Waals surface area contributed by atoms with Crippen molar-refractivity contribution in [1.82, 2.24) is 19.7 Å². The van der Waals surface area contributed by atoms with E-state index in [0.29, 0.717) is 34.0 Å². The second kappa shape index (κ2) is 7.47. The Bertz CT molecular complexity index is 1100. The van der Waals surface area contributed by atoms with Crippen LogP contribution in [0.4, 0.5) is 26.1 Å². The Morgan fingerprint density at radius 2 is 1.97 bits per heavy atom. The smallest absolute Gasteiger partial charge is 0.257 e. The quantitative estimate of drug-likeness (QED) is 0.589. The van der Waals surface area contributed by atoms with Gasteiger partial charge in [-0.3, -0.25) is 0 Å². The molecule has 1 aliphatic heterocycles. The molecule has 2 N–H and O–H groups in total. The molecular formula is C19H18Cl2F2N6O. The maximum atomic E-state index is 12.6. The van der Waals surface area contributed by atoms with Crippen LogP contribution in [0.5, 0.6) is 0 Å². The lowest BCUT2D eigenvalue weighted by Crippen LogP contribution is -2.25. The van der Waals surface area contributed by atoms with Crippen molar-refractivity contribution in [3.8, 4) is 0 Å². The first-order valence-corrected chi connectivity index (χ1v) is 10.3. The largest absolute Gasteiger partial charge is 0.396 e. The van der Waals surface area contributed by atoms with Crippen molar-refractivity contribution < 1.29 is 13.9 Å². The minimum absolute atomic E-state index is 0.0607. The summed E-state index contributed by atoms with van der Waals surface area (Å²) in [5, 5.41) is 17.6. The molecule has 1 aliphatic carbocycles. The summed E-state index contributed by atoms with van der Waals surface area (Å²) >= 11 is 12.6. The molecule has 0 radical (unpaired) electrons. The summed E-state index contributed by atoms with van der Waals surface area (Å²) in [6.07, 6.45) is 0.445. The third-order valence-electron chi connectivity index (χ3n) is 5.90. The first kappa shape index (κ1) is 19.7. The third-order valence-corrected chi connectivity index (χ3v) is 6.61. The van der Waals surface area contributed by atoms with Gasteiger partial charge in [0.2, 0.25) is 5.95 Å². The van der Waals surface area contributed by atoms with Gasteiger partial charge in [0.15, 0.2) is 5.15 Å². The number of hydrogen-bond acceptors (Lipinski definition) is 6. The number of benzene rings is 1. The van der Waals surface area contributed by atoms with Crippen molar-refractivity contribution in [3.05, 3.63) is 34.7 Å². The maximum absolute atomic E-state index is 12.6. The zero-order valence-electron chi connectivity index (χ0n) is 15.6. The maximum Gasteiger partial charge on any atom is 0.257 e. The number of hydrogen-bond donors (Lipinski definition) is 2. The first-order chi connectivity index (χ1) is 14.4. The summed E-state index contributed by atoms with van der Waals surface area (Å²) in [7, 11) is 0. The number of halogens is 4. The highest BCUT2D eigenvalue weighted by molar-refractivity contribution is 6.34. The fourth-order valence-corrected chi connectivity index (χ4v) is 4.79. The Morgan fingerprint density at radius 1 is 1.20 bits per heavy atom. The minimum Gasteiger partial charge on any atom is -0.396 e. The summed E-state index contributed by atoms with van der Waals surface area (Å²) in [5.74, 6) is 1.74. The fraction of sp³-hybridized carbons (Fsp3) is 0.421. The van der Waals surface area contributed by atoms with E-state index in [9.17, 15) is 13.9 Å². The van der Waals surface area contributed by atoms with Crippen LogP contribution in [0.3, 0.4) is 0 Å². The van der Waals surface area contributed by atoms with Crippen LogP contribution in [0.2, 0.25) is 10.2 Å². The molecule has 5 rings (SSSR count). The highest BCUT2D eigenvalue weighted by Crippen LogP contribution is 2.53. The number of fused-ring (bicyclic) bond motifs is 2. The van der Waals surface area contributed by atoms with Crippen LogP contribution in [0, 0.1) is 17.8 Å². The Balaban J connectivity index is 1.39. The van der Waals surface area contributed by atoms with Gasteiger partial charge in [0, 0.05) is 31.3 Å². The molecule has 2 fully saturated rings. The van der Waals surface area contributed by atoms with Crippen molar-refractivity contribution >= 4 is 51.4 Å². The molecule has 2 aliphatic rings. The number of aromatic nitrogens is 4. The van der Waals surface area contributed by atoms with E-state index in [2.05, 4.69) is 25.3 Å². The topological polar surface area (TPSA) is 79.1 Å². The average Bonchev–Trinajstić information content (AvgIpc) is 3.00. The van der Waals surface area contributed by atoms with Gasteiger partial charge < -0.3 is 15.3 Å². The van der Waals surface area contributed by atoms with Gasteiger partial charge in [0.05, 0.1) is 28.1 Å². The van der Waals surface area contributed by atoms with E-state index in [1.165, 1.54) is 6.20 Å². The SMILES string of the molecule is OC[C@@H]1[C@H]2CN(c3cc4nc(Nc5cnn(CC(F)F)c5Cl)ncc4cc3Cl)C[C@@H]12. The van der Waals surface area contributed by atoms with Gasteiger partial charge in [0.25, 0.3) is 6.43 Å². The summed E-state index contributed by atoms with van der Waals surface area (Å²) < 4.78 is 26.2. The number of rotatable bonds is 6. The Kier molecular flexibility index (Phi) is 4.91. The lowest BCUT2D eigenvalue weighted by molar-refractivity contribution is 0.122. The van der Waals surface area contributed by atoms with Crippen molar-refractivity contribution in [2.45, 2.75) is 13.0 Å². The number of nitrogens with one attached hydrogen (secondary N) is 1. The summed E-state index contributed by atoms with van der Waals surface area (Å²) in [6, 6.07) is 3.75. The van der Waals surface area contributed by atoms with Gasteiger partial charge in [-0.1, -0.05) is 23.2 Å². The predicted octanol–water partition coefficient (Wildman–Crippen LogP) is 3.82. The third kappa shape index (κ3) is 3.44. The monoisotopic (exact) mass is 454 g/mol. The van der Waals surface area contributed by atoms with Crippen molar-refractivity contribution in [2.75, 3.05) is 29.9 Å². The van der Waals surface area contributed by atoms with Crippen LogP contribution in [0.1, 0.15) is 0 Å². The van der Waals surface area contributed by atoms with Crippen molar-refractivity contribution in [3.63, 3.8) is 0 Å². The van der Waals surface area contributed by atoms with Crippen LogP contribution in [-0.4, -0.2) is 51.0 Å². The van der Waals surface area contributed by atoms with E-state index in [0.717, 1.165) is 28.8 Å². The molecule has 0 unspecified atom stereocenters. The number of aliphatic hydroxyl groups is 1. The van der Waals surface area contributed by atoms with Crippen molar-refractivity contribution in [2.24, 2.45) is 17.8 Å². The molecule has 3 heterocycles. The van der Waals surface area contributed by atoms with E-state index in [1.807, 2.05) is 12.1 Å². The van der Waals surface area contributed by atoms with Gasteiger partial charge in [-0.15, -0.1) is 0 Å². The van der Waals surface area contributed by atoms with E-state index in [1.54, 1.807) is 6.20 Å². The molecule has 11 heteroatoms. The van der Waals surface area contributed by atoms with Crippen LogP contribution in [0.15, 0.2) is 24.5 Å². The molecule has 2 aromatic heterocycles. The molecule has 30 heavy (non-hydrogen) atoms. The zero-order chi connectivity index (χ0) is 21.0. The minimum atomic E-state index is -2.56. The Morgan fingerprint density at radius 3 is 2.67 bits per heavy atom. The second-order valence-corrected chi connectivity index (χ2v) is 8.45. The summed E-state index contributed by atoms with van der Waals surface area (Å²) in [4.78, 5) is 11.0. The Hall–Kier alpha value is -2.23. The Labute approximate surface area is 180 Å². The second-order valence-electron chi connectivity index (χ2n) is 7.68. The molecule has 7 nitrogen and oxygen atoms in total. The molecule has 158 valence electrons. The molecule has 0 spiro atoms. The standard InChI is InChI=1S/C19H18Cl2F2N6O/c20-13-1-9-3-24-19(27-15-4-25-29(18(15)21)7-17(22)23)26-14(9)2-16(13)28-5-10-11(6-28)12(10)8-30/h1-4,10-12,17,30H,5-8H2,(H,24,26,27)/t10-,11+,12+. The molecule has 0 amide bonds. The zero-order valence-corrected chi connectivity index (χ0v) is 17.2. The highest BCUT2D eigenvalue weighted by atomic mass is 35.5. The lowest BCUT2D eigenvalue weighted by Gasteiger charge is -2.23. The summed E-state index contributed by atoms with van der Waals surface area (Å²) in [6.45, 7) is 1.40. The van der Waals surface area contributed by atoms with Crippen LogP contribution in [-0.2, 0) is 6.54 Å². The van der Waals surface area contributed by atoms with Gasteiger partial charge in [-0.2, -0.15) is 5.10 Å². The van der Waals surface area contributed by atoms with Crippen LogP contribution < -0.4 is 10.2 Å². The van der Waals surface area contributed by atoms with Gasteiger partial charge in [-0.25, -0.2) is 23.4 Å². The van der Waals surface area contributed by atoms with Crippen molar-refractivity contribution in [1.29, 1.82) is 0 Å². The number of piperidine rings is 1. The average molecular weight is 455 g/mol. The first-order valence-electron chi connectivity index (χ1n) is 9.53. The van der Waals surface area contributed by atoms with Gasteiger partial charge >= 0.3 is 0 Å². The van der Waals surface area contributed by atoms with Gasteiger partial charge in [0.1, 0.15) is 6.54 Å². The lowest BCUT2D eigenvalue weighted by atomic mass is 10.2. The van der Waals surface area contributed by atoms with E-state index in [4.69, 9.17) is 23.2 Å². The number of aliphatic hydroxyl groups excluding tert-OH is 1. The number of nitrogens with zero attached hydrogens (tertiary/aromatic N) is 5. The van der Waals surface area contributed by atoms with E-state index >= 15 is 0 Å². The predicted molar refractivity (Wildman–Crippen MR) is 111 cm³/mol. The molecule has 3 aromatic rings. The molecule has 1 saturated heterocycles. The van der Waals surface area contributed by atoms with Gasteiger partial charge in [-0.05, 0) is 29.9 Å². The highest BCUT2D eigenvalue weighted by Gasteiger charge is 2.55. The summed E-state index contributed by atoms with van der Waals surface area (Å²) in [5.41, 5.74) is 1.95. The molecular weight excluding hydrogens is 437 g/mol. The fourth-order valence-electron chi connectivity index (χ4n) is 4.29. The number of alkyl halides is 2.